The molecule has 8 heteroatoms. The molecule has 0 aliphatic heterocycles. The minimum atomic E-state index is -2.17. The standard InChI is InChI=1S/C22H14ClF2NO2S2/c23-18-11-16(7-10-19(18)25)22-26-20(14-5-8-17(24)9-6-14)21(29-22)15-3-1-13(2-4-15)12-30(27)28/h1-11H,12H2,(H,27,28)/p-1. The third-order valence-corrected chi connectivity index (χ3v) is 6.42. The Hall–Kier alpha value is -2.45. The molecule has 0 saturated carbocycles. The molecule has 0 amide bonds. The summed E-state index contributed by atoms with van der Waals surface area (Å²) in [4.78, 5) is 5.54. The Morgan fingerprint density at radius 3 is 2.20 bits per heavy atom. The van der Waals surface area contributed by atoms with Gasteiger partial charge in [-0.15, -0.1) is 11.3 Å². The van der Waals surface area contributed by atoms with E-state index >= 15 is 0 Å². The zero-order valence-corrected chi connectivity index (χ0v) is 17.7. The molecule has 4 aromatic rings. The van der Waals surface area contributed by atoms with Crippen molar-refractivity contribution in [1.82, 2.24) is 4.98 Å². The number of rotatable bonds is 5. The smallest absolute Gasteiger partial charge is 0.141 e. The summed E-state index contributed by atoms with van der Waals surface area (Å²) in [6.07, 6.45) is 0. The van der Waals surface area contributed by atoms with Crippen molar-refractivity contribution < 1.29 is 17.5 Å². The van der Waals surface area contributed by atoms with E-state index in [4.69, 9.17) is 16.6 Å². The van der Waals surface area contributed by atoms with Gasteiger partial charge in [0.1, 0.15) is 16.6 Å². The maximum absolute atomic E-state index is 13.6. The molecule has 0 saturated heterocycles. The molecule has 0 radical (unpaired) electrons. The zero-order chi connectivity index (χ0) is 21.3. The number of thiazole rings is 1. The Balaban J connectivity index is 1.83. The molecule has 0 spiro atoms. The monoisotopic (exact) mass is 460 g/mol. The highest BCUT2D eigenvalue weighted by Gasteiger charge is 2.17. The first-order valence-corrected chi connectivity index (χ1v) is 11.2. The first kappa shape index (κ1) is 20.8. The largest absolute Gasteiger partial charge is 0.772 e. The SMILES string of the molecule is O=S([O-])Cc1ccc(-c2sc(-c3ccc(F)c(Cl)c3)nc2-c2ccc(F)cc2)cc1. The van der Waals surface area contributed by atoms with Crippen LogP contribution in [-0.4, -0.2) is 13.7 Å². The van der Waals surface area contributed by atoms with Gasteiger partial charge >= 0.3 is 0 Å². The molecule has 0 fully saturated rings. The van der Waals surface area contributed by atoms with Crippen molar-refractivity contribution in [2.45, 2.75) is 5.75 Å². The fraction of sp³-hybridized carbons (Fsp3) is 0.0455. The van der Waals surface area contributed by atoms with Crippen LogP contribution in [0.25, 0.3) is 32.3 Å². The number of hydrogen-bond donors (Lipinski definition) is 0. The van der Waals surface area contributed by atoms with Crippen LogP contribution < -0.4 is 0 Å². The Morgan fingerprint density at radius 2 is 1.57 bits per heavy atom. The van der Waals surface area contributed by atoms with Gasteiger partial charge in [-0.25, -0.2) is 13.8 Å². The van der Waals surface area contributed by atoms with Crippen LogP contribution in [0, 0.1) is 11.6 Å². The minimum Gasteiger partial charge on any atom is -0.772 e. The van der Waals surface area contributed by atoms with Gasteiger partial charge in [0.25, 0.3) is 0 Å². The summed E-state index contributed by atoms with van der Waals surface area (Å²) < 4.78 is 48.8. The summed E-state index contributed by atoms with van der Waals surface area (Å²) in [5, 5.41) is 0.638. The van der Waals surface area contributed by atoms with Crippen LogP contribution in [0.2, 0.25) is 5.02 Å². The molecular formula is C22H13ClF2NO2S2-. The van der Waals surface area contributed by atoms with E-state index in [2.05, 4.69) is 0 Å². The second-order valence-corrected chi connectivity index (χ2v) is 8.78. The van der Waals surface area contributed by atoms with Gasteiger partial charge in [0.2, 0.25) is 0 Å². The summed E-state index contributed by atoms with van der Waals surface area (Å²) in [5.74, 6) is -0.925. The average Bonchev–Trinajstić information content (AvgIpc) is 3.16. The van der Waals surface area contributed by atoms with Gasteiger partial charge in [0, 0.05) is 16.9 Å². The molecule has 4 rings (SSSR count). The Bertz CT molecular complexity index is 1230. The summed E-state index contributed by atoms with van der Waals surface area (Å²) in [6, 6.07) is 17.5. The second-order valence-electron chi connectivity index (χ2n) is 6.48. The fourth-order valence-electron chi connectivity index (χ4n) is 2.96. The van der Waals surface area contributed by atoms with Crippen LogP contribution in [0.1, 0.15) is 5.56 Å². The van der Waals surface area contributed by atoms with Crippen molar-refractivity contribution in [3.63, 3.8) is 0 Å². The van der Waals surface area contributed by atoms with Crippen molar-refractivity contribution in [1.29, 1.82) is 0 Å². The molecule has 152 valence electrons. The average molecular weight is 461 g/mol. The number of halogens is 3. The molecular weight excluding hydrogens is 448 g/mol. The summed E-state index contributed by atoms with van der Waals surface area (Å²) in [5.41, 5.74) is 3.55. The highest BCUT2D eigenvalue weighted by molar-refractivity contribution is 7.78. The van der Waals surface area contributed by atoms with E-state index in [1.54, 1.807) is 30.3 Å². The van der Waals surface area contributed by atoms with Crippen molar-refractivity contribution in [2.75, 3.05) is 0 Å². The van der Waals surface area contributed by atoms with Gasteiger partial charge in [-0.05, 0) is 53.6 Å². The lowest BCUT2D eigenvalue weighted by molar-refractivity contribution is 0.536. The predicted molar refractivity (Wildman–Crippen MR) is 116 cm³/mol. The van der Waals surface area contributed by atoms with Crippen LogP contribution in [-0.2, 0) is 16.8 Å². The van der Waals surface area contributed by atoms with Crippen molar-refractivity contribution >= 4 is 34.0 Å². The minimum absolute atomic E-state index is 0.00236. The first-order chi connectivity index (χ1) is 14.4. The lowest BCUT2D eigenvalue weighted by Crippen LogP contribution is -1.92. The van der Waals surface area contributed by atoms with Gasteiger partial charge < -0.3 is 4.55 Å². The van der Waals surface area contributed by atoms with Crippen molar-refractivity contribution in [3.8, 4) is 32.3 Å². The Labute approximate surface area is 183 Å². The Morgan fingerprint density at radius 1 is 0.933 bits per heavy atom. The molecule has 1 atom stereocenters. The third kappa shape index (κ3) is 4.49. The zero-order valence-electron chi connectivity index (χ0n) is 15.3. The van der Waals surface area contributed by atoms with Crippen LogP contribution in [0.4, 0.5) is 8.78 Å². The van der Waals surface area contributed by atoms with Crippen LogP contribution in [0.3, 0.4) is 0 Å². The lowest BCUT2D eigenvalue weighted by Gasteiger charge is -2.07. The molecule has 30 heavy (non-hydrogen) atoms. The summed E-state index contributed by atoms with van der Waals surface area (Å²) >= 11 is 5.15. The fourth-order valence-corrected chi connectivity index (χ4v) is 4.69. The first-order valence-electron chi connectivity index (χ1n) is 8.78. The van der Waals surface area contributed by atoms with Gasteiger partial charge in [-0.3, -0.25) is 4.21 Å². The molecule has 1 heterocycles. The van der Waals surface area contributed by atoms with E-state index in [9.17, 15) is 17.5 Å². The van der Waals surface area contributed by atoms with Gasteiger partial charge in [0.15, 0.2) is 0 Å². The van der Waals surface area contributed by atoms with Gasteiger partial charge in [-0.1, -0.05) is 46.9 Å². The van der Waals surface area contributed by atoms with E-state index < -0.39 is 16.9 Å². The predicted octanol–water partition coefficient (Wildman–Crippen LogP) is 6.45. The van der Waals surface area contributed by atoms with Crippen molar-refractivity contribution in [3.05, 3.63) is 89.0 Å². The maximum Gasteiger partial charge on any atom is 0.141 e. The van der Waals surface area contributed by atoms with Gasteiger partial charge in [0.05, 0.1) is 15.6 Å². The highest BCUT2D eigenvalue weighted by atomic mass is 35.5. The normalized spacial score (nSPS) is 12.1. The van der Waals surface area contributed by atoms with Crippen molar-refractivity contribution in [2.24, 2.45) is 0 Å². The summed E-state index contributed by atoms with van der Waals surface area (Å²) in [7, 11) is 0. The molecule has 0 N–H and O–H groups in total. The van der Waals surface area contributed by atoms with E-state index in [-0.39, 0.29) is 16.6 Å². The van der Waals surface area contributed by atoms with Crippen LogP contribution >= 0.6 is 22.9 Å². The highest BCUT2D eigenvalue weighted by Crippen LogP contribution is 2.41. The quantitative estimate of drug-likeness (QED) is 0.321. The second kappa shape index (κ2) is 8.73. The third-order valence-electron chi connectivity index (χ3n) is 4.41. The number of aromatic nitrogens is 1. The van der Waals surface area contributed by atoms with E-state index in [1.807, 2.05) is 12.1 Å². The maximum atomic E-state index is 13.6. The molecule has 1 aromatic heterocycles. The molecule has 0 bridgehead atoms. The molecule has 0 aliphatic rings. The molecule has 0 aliphatic carbocycles. The summed E-state index contributed by atoms with van der Waals surface area (Å²) in [6.45, 7) is 0. The topological polar surface area (TPSA) is 53.0 Å². The van der Waals surface area contributed by atoms with Crippen LogP contribution in [0.15, 0.2) is 66.7 Å². The molecule has 3 nitrogen and oxygen atoms in total. The van der Waals surface area contributed by atoms with Gasteiger partial charge in [-0.2, -0.15) is 0 Å². The molecule has 1 unspecified atom stereocenters. The molecule has 3 aromatic carbocycles. The van der Waals surface area contributed by atoms with E-state index in [0.717, 1.165) is 16.0 Å². The number of benzene rings is 3. The van der Waals surface area contributed by atoms with Crippen LogP contribution in [0.5, 0.6) is 0 Å². The number of nitrogens with zero attached hydrogens (tertiary/aromatic N) is 1. The lowest BCUT2D eigenvalue weighted by atomic mass is 10.1. The van der Waals surface area contributed by atoms with E-state index in [1.165, 1.54) is 35.6 Å². The van der Waals surface area contributed by atoms with E-state index in [0.29, 0.717) is 21.8 Å². The number of hydrogen-bond acceptors (Lipinski definition) is 4. The Kier molecular flexibility index (Phi) is 6.06.